The van der Waals surface area contributed by atoms with Gasteiger partial charge in [-0.2, -0.15) is 0 Å². The Kier molecular flexibility index (Phi) is 5.37. The molecule has 2 nitrogen and oxygen atoms in total. The zero-order valence-electron chi connectivity index (χ0n) is 13.8. The summed E-state index contributed by atoms with van der Waals surface area (Å²) in [5, 5.41) is 3.56. The second-order valence-corrected chi connectivity index (χ2v) is 7.72. The number of halogens is 1. The van der Waals surface area contributed by atoms with Crippen LogP contribution in [0.15, 0.2) is 18.5 Å². The van der Waals surface area contributed by atoms with E-state index in [2.05, 4.69) is 38.0 Å². The van der Waals surface area contributed by atoms with Crippen molar-refractivity contribution in [3.05, 3.63) is 29.8 Å². The van der Waals surface area contributed by atoms with Crippen LogP contribution in [0.2, 0.25) is 0 Å². The summed E-state index contributed by atoms with van der Waals surface area (Å²) < 4.78 is 14.2. The van der Waals surface area contributed by atoms with E-state index in [1.807, 2.05) is 6.07 Å². The van der Waals surface area contributed by atoms with Crippen molar-refractivity contribution < 1.29 is 4.39 Å². The molecule has 1 heterocycles. The Morgan fingerprint density at radius 3 is 2.86 bits per heavy atom. The molecule has 0 saturated heterocycles. The van der Waals surface area contributed by atoms with E-state index in [-0.39, 0.29) is 5.82 Å². The van der Waals surface area contributed by atoms with Gasteiger partial charge >= 0.3 is 0 Å². The van der Waals surface area contributed by atoms with Crippen molar-refractivity contribution >= 4 is 0 Å². The summed E-state index contributed by atoms with van der Waals surface area (Å²) in [7, 11) is 0. The molecular formula is C18H29FN2. The third-order valence-electron chi connectivity index (χ3n) is 4.70. The summed E-state index contributed by atoms with van der Waals surface area (Å²) in [6, 6.07) is 1.87. The molecule has 0 amide bonds. The van der Waals surface area contributed by atoms with Crippen LogP contribution < -0.4 is 5.32 Å². The molecule has 0 bridgehead atoms. The van der Waals surface area contributed by atoms with Crippen LogP contribution in [0.3, 0.4) is 0 Å². The molecule has 0 radical (unpaired) electrons. The predicted molar refractivity (Wildman–Crippen MR) is 85.8 cm³/mol. The second-order valence-electron chi connectivity index (χ2n) is 7.72. The molecule has 21 heavy (non-hydrogen) atoms. The molecule has 1 aliphatic carbocycles. The molecule has 2 atom stereocenters. The van der Waals surface area contributed by atoms with E-state index in [4.69, 9.17) is 0 Å². The Morgan fingerprint density at radius 2 is 2.19 bits per heavy atom. The zero-order chi connectivity index (χ0) is 15.5. The molecule has 1 fully saturated rings. The number of pyridine rings is 1. The largest absolute Gasteiger partial charge is 0.316 e. The van der Waals surface area contributed by atoms with Crippen molar-refractivity contribution in [2.24, 2.45) is 17.3 Å². The Hall–Kier alpha value is -0.960. The van der Waals surface area contributed by atoms with Crippen LogP contribution >= 0.6 is 0 Å². The molecular weight excluding hydrogens is 263 g/mol. The molecule has 0 aromatic carbocycles. The average molecular weight is 292 g/mol. The lowest BCUT2D eigenvalue weighted by atomic mass is 9.65. The molecule has 0 aliphatic heterocycles. The van der Waals surface area contributed by atoms with Crippen molar-refractivity contribution in [1.82, 2.24) is 10.3 Å². The maximum Gasteiger partial charge on any atom is 0.144 e. The average Bonchev–Trinajstić information content (AvgIpc) is 2.40. The molecule has 118 valence electrons. The first-order chi connectivity index (χ1) is 9.89. The lowest BCUT2D eigenvalue weighted by molar-refractivity contribution is 0.157. The van der Waals surface area contributed by atoms with Gasteiger partial charge in [-0.1, -0.05) is 27.7 Å². The first-order valence-electron chi connectivity index (χ1n) is 8.19. The Balaban J connectivity index is 2.12. The van der Waals surface area contributed by atoms with Crippen molar-refractivity contribution in [3.8, 4) is 0 Å². The number of hydrogen-bond donors (Lipinski definition) is 1. The van der Waals surface area contributed by atoms with Crippen molar-refractivity contribution in [1.29, 1.82) is 0 Å². The number of hydrogen-bond acceptors (Lipinski definition) is 2. The summed E-state index contributed by atoms with van der Waals surface area (Å²) in [6.07, 6.45) is 6.53. The summed E-state index contributed by atoms with van der Waals surface area (Å²) in [6.45, 7) is 11.1. The van der Waals surface area contributed by atoms with E-state index in [0.717, 1.165) is 25.1 Å². The van der Waals surface area contributed by atoms with Gasteiger partial charge < -0.3 is 5.32 Å². The van der Waals surface area contributed by atoms with Crippen LogP contribution in [0.5, 0.6) is 0 Å². The molecule has 3 heteroatoms. The summed E-state index contributed by atoms with van der Waals surface area (Å²) >= 11 is 0. The highest BCUT2D eigenvalue weighted by atomic mass is 19.1. The van der Waals surface area contributed by atoms with Crippen molar-refractivity contribution in [2.75, 3.05) is 13.1 Å². The van der Waals surface area contributed by atoms with Gasteiger partial charge in [-0.3, -0.25) is 4.98 Å². The smallest absolute Gasteiger partial charge is 0.144 e. The van der Waals surface area contributed by atoms with Gasteiger partial charge in [-0.05, 0) is 67.2 Å². The number of aromatic nitrogens is 1. The van der Waals surface area contributed by atoms with Crippen LogP contribution in [-0.2, 0) is 0 Å². The summed E-state index contributed by atoms with van der Waals surface area (Å²) in [5.74, 6) is 1.33. The highest BCUT2D eigenvalue weighted by Gasteiger charge is 2.36. The molecule has 0 spiro atoms. The highest BCUT2D eigenvalue weighted by molar-refractivity contribution is 5.20. The van der Waals surface area contributed by atoms with Crippen LogP contribution in [0.25, 0.3) is 0 Å². The topological polar surface area (TPSA) is 24.9 Å². The highest BCUT2D eigenvalue weighted by Crippen LogP contribution is 2.46. The maximum absolute atomic E-state index is 14.2. The number of nitrogens with zero attached hydrogens (tertiary/aromatic N) is 1. The SMILES string of the molecule is CC(C)CNCC1CCC(C)(C)CC1c1ccncc1F. The minimum absolute atomic E-state index is 0.144. The van der Waals surface area contributed by atoms with Gasteiger partial charge in [-0.25, -0.2) is 4.39 Å². The normalized spacial score (nSPS) is 25.2. The number of rotatable bonds is 5. The van der Waals surface area contributed by atoms with E-state index in [1.54, 1.807) is 6.20 Å². The Bertz CT molecular complexity index is 456. The molecule has 1 N–H and O–H groups in total. The molecule has 1 aromatic heterocycles. The van der Waals surface area contributed by atoms with Crippen LogP contribution in [-0.4, -0.2) is 18.1 Å². The lowest BCUT2D eigenvalue weighted by Gasteiger charge is -2.41. The standard InChI is InChI=1S/C18H29FN2/c1-13(2)10-21-11-14-5-7-18(3,4)9-16(14)15-6-8-20-12-17(15)19/h6,8,12-14,16,21H,5,7,9-11H2,1-4H3. The third-order valence-corrected chi connectivity index (χ3v) is 4.70. The number of nitrogens with one attached hydrogen (secondary N) is 1. The van der Waals surface area contributed by atoms with Crippen molar-refractivity contribution in [3.63, 3.8) is 0 Å². The maximum atomic E-state index is 14.2. The Labute approximate surface area is 128 Å². The minimum atomic E-state index is -0.144. The fraction of sp³-hybridized carbons (Fsp3) is 0.722. The van der Waals surface area contributed by atoms with Gasteiger partial charge in [0.25, 0.3) is 0 Å². The van der Waals surface area contributed by atoms with Gasteiger partial charge in [0, 0.05) is 6.20 Å². The van der Waals surface area contributed by atoms with E-state index < -0.39 is 0 Å². The quantitative estimate of drug-likeness (QED) is 0.871. The van der Waals surface area contributed by atoms with E-state index in [0.29, 0.717) is 23.2 Å². The van der Waals surface area contributed by atoms with Gasteiger partial charge in [0.15, 0.2) is 0 Å². The van der Waals surface area contributed by atoms with Crippen LogP contribution in [0, 0.1) is 23.1 Å². The summed E-state index contributed by atoms with van der Waals surface area (Å²) in [5.41, 5.74) is 1.16. The summed E-state index contributed by atoms with van der Waals surface area (Å²) in [4.78, 5) is 3.90. The monoisotopic (exact) mass is 292 g/mol. The van der Waals surface area contributed by atoms with Gasteiger partial charge in [-0.15, -0.1) is 0 Å². The first-order valence-corrected chi connectivity index (χ1v) is 8.19. The van der Waals surface area contributed by atoms with E-state index in [9.17, 15) is 4.39 Å². The fourth-order valence-corrected chi connectivity index (χ4v) is 3.49. The minimum Gasteiger partial charge on any atom is -0.316 e. The Morgan fingerprint density at radius 1 is 1.43 bits per heavy atom. The van der Waals surface area contributed by atoms with Crippen LogP contribution in [0.4, 0.5) is 4.39 Å². The first kappa shape index (κ1) is 16.4. The predicted octanol–water partition coefficient (Wildman–Crippen LogP) is 4.38. The van der Waals surface area contributed by atoms with Gasteiger partial charge in [0.05, 0.1) is 6.20 Å². The lowest BCUT2D eigenvalue weighted by Crippen LogP contribution is -2.36. The zero-order valence-corrected chi connectivity index (χ0v) is 13.8. The molecule has 1 aromatic rings. The molecule has 1 aliphatic rings. The van der Waals surface area contributed by atoms with Crippen LogP contribution in [0.1, 0.15) is 58.4 Å². The molecule has 2 unspecified atom stereocenters. The third kappa shape index (κ3) is 4.50. The van der Waals surface area contributed by atoms with Crippen molar-refractivity contribution in [2.45, 2.75) is 52.9 Å². The molecule has 1 saturated carbocycles. The fourth-order valence-electron chi connectivity index (χ4n) is 3.49. The second kappa shape index (κ2) is 6.87. The van der Waals surface area contributed by atoms with Gasteiger partial charge in [0.2, 0.25) is 0 Å². The van der Waals surface area contributed by atoms with Gasteiger partial charge in [0.1, 0.15) is 5.82 Å². The molecule has 2 rings (SSSR count). The van der Waals surface area contributed by atoms with E-state index >= 15 is 0 Å². The van der Waals surface area contributed by atoms with E-state index in [1.165, 1.54) is 19.0 Å².